The molecule has 5 aromatic rings. The molecule has 1 amide bonds. The second-order valence-corrected chi connectivity index (χ2v) is 9.40. The van der Waals surface area contributed by atoms with E-state index in [1.54, 1.807) is 42.7 Å². The van der Waals surface area contributed by atoms with Gasteiger partial charge in [0.1, 0.15) is 5.25 Å². The van der Waals surface area contributed by atoms with Gasteiger partial charge in [-0.1, -0.05) is 78.5 Å². The van der Waals surface area contributed by atoms with Crippen LogP contribution in [0.15, 0.2) is 113 Å². The molecule has 3 aromatic carbocycles. The molecule has 0 saturated carbocycles. The molecule has 2 aromatic heterocycles. The van der Waals surface area contributed by atoms with Crippen molar-refractivity contribution in [3.8, 4) is 11.6 Å². The number of amides is 1. The fourth-order valence-corrected chi connectivity index (χ4v) is 4.90. The summed E-state index contributed by atoms with van der Waals surface area (Å²) in [7, 11) is 0. The van der Waals surface area contributed by atoms with Crippen molar-refractivity contribution in [3.63, 3.8) is 0 Å². The molecule has 1 N–H and O–H groups in total. The average Bonchev–Trinajstić information content (AvgIpc) is 3.58. The number of halogens is 3. The Morgan fingerprint density at radius 3 is 2.34 bits per heavy atom. The molecule has 0 radical (unpaired) electrons. The largest absolute Gasteiger partial charge is 0.461 e. The van der Waals surface area contributed by atoms with Gasteiger partial charge >= 0.3 is 6.18 Å². The molecule has 0 fully saturated rings. The van der Waals surface area contributed by atoms with Gasteiger partial charge in [-0.15, -0.1) is 10.2 Å². The lowest BCUT2D eigenvalue weighted by Crippen LogP contribution is -2.20. The zero-order chi connectivity index (χ0) is 26.5. The Morgan fingerprint density at radius 2 is 1.66 bits per heavy atom. The molecule has 38 heavy (non-hydrogen) atoms. The maximum atomic E-state index is 13.5. The fraction of sp³-hybridized carbons (Fsp3) is 0.107. The van der Waals surface area contributed by atoms with Gasteiger partial charge in [0, 0.05) is 5.69 Å². The van der Waals surface area contributed by atoms with Gasteiger partial charge in [-0.25, -0.2) is 0 Å². The second kappa shape index (κ2) is 11.0. The van der Waals surface area contributed by atoms with E-state index in [1.165, 1.54) is 12.1 Å². The van der Waals surface area contributed by atoms with Gasteiger partial charge in [-0.3, -0.25) is 9.36 Å². The number of nitrogens with zero attached hydrogens (tertiary/aromatic N) is 3. The summed E-state index contributed by atoms with van der Waals surface area (Å²) in [5.41, 5.74) is 0.862. The number of carbonyl (C=O) groups is 1. The van der Waals surface area contributed by atoms with Crippen LogP contribution in [0.4, 0.5) is 18.9 Å². The van der Waals surface area contributed by atoms with Gasteiger partial charge in [0.2, 0.25) is 11.7 Å². The molecule has 10 heteroatoms. The van der Waals surface area contributed by atoms with E-state index in [0.29, 0.717) is 28.8 Å². The molecule has 0 aliphatic heterocycles. The molecule has 1 unspecified atom stereocenters. The highest BCUT2D eigenvalue weighted by Gasteiger charge is 2.31. The van der Waals surface area contributed by atoms with Crippen LogP contribution < -0.4 is 5.32 Å². The molecular formula is C28H21F3N4O2S. The van der Waals surface area contributed by atoms with E-state index in [0.717, 1.165) is 29.5 Å². The van der Waals surface area contributed by atoms with E-state index in [1.807, 2.05) is 41.0 Å². The van der Waals surface area contributed by atoms with E-state index in [-0.39, 0.29) is 5.69 Å². The molecular weight excluding hydrogens is 513 g/mol. The minimum Gasteiger partial charge on any atom is -0.461 e. The number of aromatic nitrogens is 3. The molecule has 0 aliphatic rings. The quantitative estimate of drug-likeness (QED) is 0.216. The highest BCUT2D eigenvalue weighted by atomic mass is 32.2. The number of furan rings is 1. The minimum absolute atomic E-state index is 0.0494. The topological polar surface area (TPSA) is 73.0 Å². The van der Waals surface area contributed by atoms with Crippen LogP contribution in [-0.4, -0.2) is 20.7 Å². The third-order valence-electron chi connectivity index (χ3n) is 5.66. The Bertz CT molecular complexity index is 1500. The van der Waals surface area contributed by atoms with Crippen molar-refractivity contribution in [1.82, 2.24) is 14.8 Å². The number of benzene rings is 3. The SMILES string of the molecule is O=C(Nc1cccc(C(F)(F)F)c1)C(Sc1nnc(-c2ccco2)n1Cc1ccccc1)c1ccccc1. The summed E-state index contributed by atoms with van der Waals surface area (Å²) in [6, 6.07) is 26.8. The van der Waals surface area contributed by atoms with Gasteiger partial charge in [-0.05, 0) is 41.5 Å². The van der Waals surface area contributed by atoms with E-state index < -0.39 is 22.9 Å². The first-order chi connectivity index (χ1) is 18.4. The molecule has 0 saturated heterocycles. The van der Waals surface area contributed by atoms with Crippen LogP contribution >= 0.6 is 11.8 Å². The minimum atomic E-state index is -4.52. The number of hydrogen-bond donors (Lipinski definition) is 1. The lowest BCUT2D eigenvalue weighted by Gasteiger charge is -2.18. The smallest absolute Gasteiger partial charge is 0.416 e. The van der Waals surface area contributed by atoms with Gasteiger partial charge in [0.25, 0.3) is 0 Å². The van der Waals surface area contributed by atoms with Gasteiger partial charge in [0.05, 0.1) is 18.4 Å². The number of thioether (sulfide) groups is 1. The van der Waals surface area contributed by atoms with Crippen molar-refractivity contribution in [2.24, 2.45) is 0 Å². The Morgan fingerprint density at radius 1 is 0.921 bits per heavy atom. The number of rotatable bonds is 8. The molecule has 0 spiro atoms. The van der Waals surface area contributed by atoms with Crippen molar-refractivity contribution >= 4 is 23.4 Å². The van der Waals surface area contributed by atoms with Crippen LogP contribution in [0.2, 0.25) is 0 Å². The summed E-state index contributed by atoms with van der Waals surface area (Å²) < 4.78 is 47.1. The molecule has 0 aliphatic carbocycles. The highest BCUT2D eigenvalue weighted by molar-refractivity contribution is 8.00. The van der Waals surface area contributed by atoms with Crippen LogP contribution in [0.5, 0.6) is 0 Å². The number of carbonyl (C=O) groups excluding carboxylic acids is 1. The summed E-state index contributed by atoms with van der Waals surface area (Å²) in [4.78, 5) is 13.5. The Labute approximate surface area is 220 Å². The van der Waals surface area contributed by atoms with Gasteiger partial charge < -0.3 is 9.73 Å². The lowest BCUT2D eigenvalue weighted by molar-refractivity contribution is -0.137. The number of anilines is 1. The Balaban J connectivity index is 1.49. The summed E-state index contributed by atoms with van der Waals surface area (Å²) in [5.74, 6) is 0.519. The first kappa shape index (κ1) is 25.3. The van der Waals surface area contributed by atoms with Crippen molar-refractivity contribution in [1.29, 1.82) is 0 Å². The second-order valence-electron chi connectivity index (χ2n) is 8.33. The van der Waals surface area contributed by atoms with Crippen LogP contribution in [0.1, 0.15) is 21.9 Å². The normalized spacial score (nSPS) is 12.3. The predicted octanol–water partition coefficient (Wildman–Crippen LogP) is 7.08. The summed E-state index contributed by atoms with van der Waals surface area (Å²) in [6.45, 7) is 0.420. The third kappa shape index (κ3) is 5.81. The molecule has 192 valence electrons. The third-order valence-corrected chi connectivity index (χ3v) is 6.90. The zero-order valence-corrected chi connectivity index (χ0v) is 20.6. The van der Waals surface area contributed by atoms with Crippen LogP contribution in [-0.2, 0) is 17.5 Å². The van der Waals surface area contributed by atoms with Crippen molar-refractivity contribution in [2.75, 3.05) is 5.32 Å². The molecule has 5 rings (SSSR count). The summed E-state index contributed by atoms with van der Waals surface area (Å²) in [5, 5.41) is 10.9. The standard InChI is InChI=1S/C28H21F3N4O2S/c29-28(30,31)21-13-7-14-22(17-21)32-26(36)24(20-11-5-2-6-12-20)38-27-34-33-25(23-15-8-16-37-23)35(27)18-19-9-3-1-4-10-19/h1-17,24H,18H2,(H,32,36). The Hall–Kier alpha value is -4.31. The van der Waals surface area contributed by atoms with Crippen molar-refractivity contribution < 1.29 is 22.4 Å². The van der Waals surface area contributed by atoms with Crippen molar-refractivity contribution in [3.05, 3.63) is 120 Å². The number of hydrogen-bond acceptors (Lipinski definition) is 5. The van der Waals surface area contributed by atoms with Crippen LogP contribution in [0, 0.1) is 0 Å². The van der Waals surface area contributed by atoms with E-state index >= 15 is 0 Å². The van der Waals surface area contributed by atoms with Crippen molar-refractivity contribution in [2.45, 2.75) is 23.1 Å². The fourth-order valence-electron chi connectivity index (χ4n) is 3.86. The molecule has 6 nitrogen and oxygen atoms in total. The maximum Gasteiger partial charge on any atom is 0.416 e. The average molecular weight is 535 g/mol. The number of nitrogens with one attached hydrogen (secondary N) is 1. The van der Waals surface area contributed by atoms with E-state index in [9.17, 15) is 18.0 Å². The predicted molar refractivity (Wildman–Crippen MR) is 138 cm³/mol. The molecule has 1 atom stereocenters. The highest BCUT2D eigenvalue weighted by Crippen LogP contribution is 2.38. The van der Waals surface area contributed by atoms with Crippen LogP contribution in [0.25, 0.3) is 11.6 Å². The lowest BCUT2D eigenvalue weighted by atomic mass is 10.1. The first-order valence-corrected chi connectivity index (χ1v) is 12.5. The molecule has 2 heterocycles. The Kier molecular flexibility index (Phi) is 7.32. The monoisotopic (exact) mass is 534 g/mol. The van der Waals surface area contributed by atoms with E-state index in [2.05, 4.69) is 15.5 Å². The summed E-state index contributed by atoms with van der Waals surface area (Å²) >= 11 is 1.16. The first-order valence-electron chi connectivity index (χ1n) is 11.6. The van der Waals surface area contributed by atoms with Gasteiger partial charge in [-0.2, -0.15) is 13.2 Å². The van der Waals surface area contributed by atoms with Crippen LogP contribution in [0.3, 0.4) is 0 Å². The molecule has 0 bridgehead atoms. The van der Waals surface area contributed by atoms with E-state index in [4.69, 9.17) is 4.42 Å². The zero-order valence-electron chi connectivity index (χ0n) is 19.8. The summed E-state index contributed by atoms with van der Waals surface area (Å²) in [6.07, 6.45) is -2.98. The maximum absolute atomic E-state index is 13.5. The number of alkyl halides is 3. The van der Waals surface area contributed by atoms with Gasteiger partial charge in [0.15, 0.2) is 10.9 Å².